The van der Waals surface area contributed by atoms with Gasteiger partial charge in [-0.05, 0) is 35.6 Å². The summed E-state index contributed by atoms with van der Waals surface area (Å²) in [6.45, 7) is 1.34. The summed E-state index contributed by atoms with van der Waals surface area (Å²) in [6, 6.07) is 10.1. The average Bonchev–Trinajstić information content (AvgIpc) is 3.42. The number of benzene rings is 1. The van der Waals surface area contributed by atoms with Crippen molar-refractivity contribution in [1.29, 1.82) is 0 Å². The molecule has 1 aliphatic heterocycles. The van der Waals surface area contributed by atoms with Crippen LogP contribution in [0.4, 0.5) is 0 Å². The highest BCUT2D eigenvalue weighted by Gasteiger charge is 2.32. The summed E-state index contributed by atoms with van der Waals surface area (Å²) in [7, 11) is -1.29. The highest BCUT2D eigenvalue weighted by Crippen LogP contribution is 2.28. The fourth-order valence-corrected chi connectivity index (χ4v) is 6.73. The summed E-state index contributed by atoms with van der Waals surface area (Å²) in [5, 5.41) is 7.24. The van der Waals surface area contributed by atoms with E-state index in [0.29, 0.717) is 19.5 Å². The smallest absolute Gasteiger partial charge is 0.151 e. The Morgan fingerprint density at radius 3 is 2.64 bits per heavy atom. The molecule has 0 unspecified atom stereocenters. The standard InChI is InChI=1S/C20H22N2O3S3/c1-25-19-4-2-15(3-5-19)10-22(18-7-9-28(23,24)14-18)11-17-13-27-20(21-17)16-6-8-26-12-16/h2-6,8,12-13,18H,7,9-11,14H2,1H3/t18-/m1/s1. The van der Waals surface area contributed by atoms with Crippen molar-refractivity contribution in [3.05, 3.63) is 57.7 Å². The van der Waals surface area contributed by atoms with Crippen molar-refractivity contribution in [2.45, 2.75) is 25.6 Å². The minimum atomic E-state index is -2.94. The van der Waals surface area contributed by atoms with Gasteiger partial charge in [0.1, 0.15) is 10.8 Å². The first-order valence-electron chi connectivity index (χ1n) is 9.07. The molecule has 1 atom stereocenters. The van der Waals surface area contributed by atoms with Crippen molar-refractivity contribution in [2.24, 2.45) is 0 Å². The second-order valence-corrected chi connectivity index (χ2v) is 10.8. The Balaban J connectivity index is 1.54. The summed E-state index contributed by atoms with van der Waals surface area (Å²) >= 11 is 3.30. The molecule has 0 spiro atoms. The molecule has 1 fully saturated rings. The van der Waals surface area contributed by atoms with Crippen LogP contribution >= 0.6 is 22.7 Å². The second-order valence-electron chi connectivity index (χ2n) is 6.97. The lowest BCUT2D eigenvalue weighted by molar-refractivity contribution is 0.192. The van der Waals surface area contributed by atoms with Crippen molar-refractivity contribution in [2.75, 3.05) is 18.6 Å². The van der Waals surface area contributed by atoms with Gasteiger partial charge in [-0.25, -0.2) is 13.4 Å². The number of rotatable bonds is 7. The Labute approximate surface area is 173 Å². The monoisotopic (exact) mass is 434 g/mol. The number of nitrogens with zero attached hydrogens (tertiary/aromatic N) is 2. The number of methoxy groups -OCH3 is 1. The number of hydrogen-bond donors (Lipinski definition) is 0. The van der Waals surface area contributed by atoms with Gasteiger partial charge in [-0.1, -0.05) is 12.1 Å². The van der Waals surface area contributed by atoms with E-state index in [0.717, 1.165) is 27.6 Å². The Bertz CT molecular complexity index is 1010. The molecule has 8 heteroatoms. The third-order valence-corrected chi connectivity index (χ3v) is 8.33. The number of thiophene rings is 1. The van der Waals surface area contributed by atoms with E-state index >= 15 is 0 Å². The Morgan fingerprint density at radius 1 is 1.18 bits per heavy atom. The molecule has 148 valence electrons. The minimum Gasteiger partial charge on any atom is -0.497 e. The Morgan fingerprint density at radius 2 is 2.00 bits per heavy atom. The summed E-state index contributed by atoms with van der Waals surface area (Å²) in [5.74, 6) is 1.32. The van der Waals surface area contributed by atoms with Gasteiger partial charge in [0, 0.05) is 35.5 Å². The van der Waals surface area contributed by atoms with Crippen LogP contribution < -0.4 is 4.74 Å². The van der Waals surface area contributed by atoms with Gasteiger partial charge in [0.2, 0.25) is 0 Å². The molecule has 3 aromatic rings. The third kappa shape index (κ3) is 4.63. The maximum absolute atomic E-state index is 12.0. The zero-order valence-electron chi connectivity index (χ0n) is 15.6. The normalized spacial score (nSPS) is 18.6. The molecule has 0 aliphatic carbocycles. The van der Waals surface area contributed by atoms with E-state index in [2.05, 4.69) is 27.1 Å². The van der Waals surface area contributed by atoms with E-state index in [4.69, 9.17) is 9.72 Å². The predicted octanol–water partition coefficient (Wildman–Crippen LogP) is 4.07. The van der Waals surface area contributed by atoms with Crippen LogP contribution in [0.1, 0.15) is 17.7 Å². The van der Waals surface area contributed by atoms with Gasteiger partial charge in [-0.2, -0.15) is 11.3 Å². The summed E-state index contributed by atoms with van der Waals surface area (Å²) in [5.41, 5.74) is 3.27. The predicted molar refractivity (Wildman–Crippen MR) is 115 cm³/mol. The van der Waals surface area contributed by atoms with Crippen LogP contribution in [-0.4, -0.2) is 43.0 Å². The molecule has 5 nitrogen and oxygen atoms in total. The zero-order valence-corrected chi connectivity index (χ0v) is 18.0. The fourth-order valence-electron chi connectivity index (χ4n) is 3.45. The van der Waals surface area contributed by atoms with Gasteiger partial charge in [0.05, 0.1) is 24.3 Å². The lowest BCUT2D eigenvalue weighted by Gasteiger charge is -2.27. The molecule has 2 aromatic heterocycles. The number of thiazole rings is 1. The quantitative estimate of drug-likeness (QED) is 0.561. The van der Waals surface area contributed by atoms with Crippen LogP contribution in [0.25, 0.3) is 10.6 Å². The lowest BCUT2D eigenvalue weighted by atomic mass is 10.1. The lowest BCUT2D eigenvalue weighted by Crippen LogP contribution is -2.35. The van der Waals surface area contributed by atoms with Gasteiger partial charge >= 0.3 is 0 Å². The van der Waals surface area contributed by atoms with Gasteiger partial charge in [-0.3, -0.25) is 4.90 Å². The van der Waals surface area contributed by atoms with E-state index in [-0.39, 0.29) is 17.5 Å². The van der Waals surface area contributed by atoms with Crippen molar-refractivity contribution in [1.82, 2.24) is 9.88 Å². The first-order chi connectivity index (χ1) is 13.5. The summed E-state index contributed by atoms with van der Waals surface area (Å²) in [6.07, 6.45) is 0.681. The van der Waals surface area contributed by atoms with Gasteiger partial charge in [0.25, 0.3) is 0 Å². The summed E-state index contributed by atoms with van der Waals surface area (Å²) < 4.78 is 29.3. The Hall–Kier alpha value is -1.74. The van der Waals surface area contributed by atoms with Crippen LogP contribution in [-0.2, 0) is 22.9 Å². The van der Waals surface area contributed by atoms with Crippen LogP contribution in [0.2, 0.25) is 0 Å². The van der Waals surface area contributed by atoms with Crippen LogP contribution in [0.15, 0.2) is 46.5 Å². The molecule has 1 aromatic carbocycles. The molecule has 0 amide bonds. The number of aromatic nitrogens is 1. The topological polar surface area (TPSA) is 59.5 Å². The van der Waals surface area contributed by atoms with Crippen molar-refractivity contribution in [3.8, 4) is 16.3 Å². The van der Waals surface area contributed by atoms with Crippen LogP contribution in [0, 0.1) is 0 Å². The van der Waals surface area contributed by atoms with Crippen LogP contribution in [0.5, 0.6) is 5.75 Å². The molecule has 1 saturated heterocycles. The van der Waals surface area contributed by atoms with Crippen molar-refractivity contribution in [3.63, 3.8) is 0 Å². The third-order valence-electron chi connectivity index (χ3n) is 4.95. The van der Waals surface area contributed by atoms with Crippen molar-refractivity contribution >= 4 is 32.5 Å². The van der Waals surface area contributed by atoms with Gasteiger partial charge < -0.3 is 4.74 Å². The Kier molecular flexibility index (Phi) is 5.82. The molecule has 0 radical (unpaired) electrons. The van der Waals surface area contributed by atoms with Gasteiger partial charge in [-0.15, -0.1) is 11.3 Å². The average molecular weight is 435 g/mol. The van der Waals surface area contributed by atoms with Gasteiger partial charge in [0.15, 0.2) is 9.84 Å². The molecule has 0 N–H and O–H groups in total. The molecular formula is C20H22N2O3S3. The molecule has 1 aliphatic rings. The van der Waals surface area contributed by atoms with Crippen LogP contribution in [0.3, 0.4) is 0 Å². The molecule has 28 heavy (non-hydrogen) atoms. The maximum Gasteiger partial charge on any atom is 0.151 e. The van der Waals surface area contributed by atoms with Crippen molar-refractivity contribution < 1.29 is 13.2 Å². The first kappa shape index (κ1) is 19.6. The number of sulfone groups is 1. The number of ether oxygens (including phenoxy) is 1. The second kappa shape index (κ2) is 8.32. The highest BCUT2D eigenvalue weighted by atomic mass is 32.2. The van der Waals surface area contributed by atoms with E-state index in [9.17, 15) is 8.42 Å². The number of hydrogen-bond acceptors (Lipinski definition) is 7. The molecule has 4 rings (SSSR count). The largest absolute Gasteiger partial charge is 0.497 e. The summed E-state index contributed by atoms with van der Waals surface area (Å²) in [4.78, 5) is 7.03. The van der Waals surface area contributed by atoms with E-state index in [1.165, 1.54) is 0 Å². The van der Waals surface area contributed by atoms with E-state index in [1.54, 1.807) is 29.8 Å². The van der Waals surface area contributed by atoms with E-state index < -0.39 is 9.84 Å². The van der Waals surface area contributed by atoms with E-state index in [1.807, 2.05) is 24.3 Å². The molecule has 0 saturated carbocycles. The molecule has 0 bridgehead atoms. The molecule has 3 heterocycles. The SMILES string of the molecule is COc1ccc(CN(Cc2csc(-c3ccsc3)n2)[C@@H]2CCS(=O)(=O)C2)cc1. The minimum absolute atomic E-state index is 0.0263. The highest BCUT2D eigenvalue weighted by molar-refractivity contribution is 7.91. The fraction of sp³-hybridized carbons (Fsp3) is 0.350. The first-order valence-corrected chi connectivity index (χ1v) is 12.7. The zero-order chi connectivity index (χ0) is 19.6. The maximum atomic E-state index is 12.0. The molecular weight excluding hydrogens is 412 g/mol.